The number of para-hydroxylation sites is 2. The van der Waals surface area contributed by atoms with Gasteiger partial charge >= 0.3 is 0 Å². The van der Waals surface area contributed by atoms with Crippen LogP contribution in [0.25, 0.3) is 55.1 Å². The van der Waals surface area contributed by atoms with Crippen molar-refractivity contribution in [3.05, 3.63) is 193 Å². The van der Waals surface area contributed by atoms with Crippen molar-refractivity contribution in [3.63, 3.8) is 0 Å². The summed E-state index contributed by atoms with van der Waals surface area (Å²) < 4.78 is 99.8. The number of likely N-dealkylation sites (N-methyl/N-ethyl adjacent to an activating group) is 4. The number of imidazole rings is 1. The Labute approximate surface area is 619 Å². The number of aromatic nitrogens is 6. The first-order chi connectivity index (χ1) is 51.4. The van der Waals surface area contributed by atoms with Gasteiger partial charge in [0.25, 0.3) is 49.5 Å². The Morgan fingerprint density at radius 2 is 0.991 bits per heavy atom. The largest absolute Gasteiger partial charge is 0.490 e. The predicted molar refractivity (Wildman–Crippen MR) is 408 cm³/mol. The Balaban J connectivity index is 0.000000151. The number of benzene rings is 6. The summed E-state index contributed by atoms with van der Waals surface area (Å²) in [7, 11) is -3.42. The number of rotatable bonds is 10. The zero-order valence-corrected chi connectivity index (χ0v) is 62.2. The molecule has 0 fully saturated rings. The van der Waals surface area contributed by atoms with Crippen molar-refractivity contribution < 1.29 is 74.0 Å². The highest BCUT2D eigenvalue weighted by atomic mass is 32.2. The number of amides is 2. The van der Waals surface area contributed by atoms with E-state index in [4.69, 9.17) is 39.2 Å². The third-order valence-corrected chi connectivity index (χ3v) is 24.1. The van der Waals surface area contributed by atoms with Gasteiger partial charge < -0.3 is 58.8 Å². The molecule has 6 aliphatic heterocycles. The Hall–Kier alpha value is -11.2. The van der Waals surface area contributed by atoms with Crippen LogP contribution in [0.2, 0.25) is 0 Å². The molecule has 0 aliphatic carbocycles. The van der Waals surface area contributed by atoms with Crippen LogP contribution >= 0.6 is 0 Å². The first-order valence-corrected chi connectivity index (χ1v) is 38.5. The van der Waals surface area contributed by atoms with Gasteiger partial charge in [0.2, 0.25) is 11.8 Å². The van der Waals surface area contributed by atoms with E-state index in [0.717, 1.165) is 125 Å². The molecule has 6 aliphatic rings. The maximum atomic E-state index is 13.9. The van der Waals surface area contributed by atoms with Gasteiger partial charge in [-0.2, -0.15) is 17.6 Å². The van der Waals surface area contributed by atoms with Gasteiger partial charge in [-0.3, -0.25) is 24.0 Å². The topological polar surface area (TPSA) is 332 Å². The lowest BCUT2D eigenvalue weighted by atomic mass is 9.99. The minimum absolute atomic E-state index is 0.0261. The average molecular weight is 1520 g/mol. The molecule has 0 radical (unpaired) electrons. The van der Waals surface area contributed by atoms with E-state index in [2.05, 4.69) is 69.1 Å². The van der Waals surface area contributed by atoms with Crippen LogP contribution < -0.4 is 24.2 Å². The second-order valence-electron chi connectivity index (χ2n) is 25.9. The first-order valence-electron chi connectivity index (χ1n) is 34.2. The predicted octanol–water partition coefficient (Wildman–Crippen LogP) is 8.96. The number of carboxylic acid groups (broad SMARTS) is 3. The lowest BCUT2D eigenvalue weighted by Gasteiger charge is -2.29. The molecule has 10 heterocycles. The Kier molecular flexibility index (Phi) is 23.8. The fraction of sp³-hybridized carbons (Fsp3) is 0.276. The van der Waals surface area contributed by atoms with Crippen LogP contribution in [-0.2, 0) is 60.5 Å². The zero-order valence-electron chi connectivity index (χ0n) is 59.7. The normalized spacial score (nSPS) is 15.9. The van der Waals surface area contributed by atoms with Crippen molar-refractivity contribution in [1.82, 2.24) is 41.4 Å². The van der Waals surface area contributed by atoms with Gasteiger partial charge in [-0.05, 0) is 148 Å². The van der Waals surface area contributed by atoms with Gasteiger partial charge in [0, 0.05) is 136 Å². The molecule has 107 heavy (non-hydrogen) atoms. The Bertz CT molecular complexity index is 5460. The minimum Gasteiger partial charge on any atom is -0.490 e. The lowest BCUT2D eigenvalue weighted by molar-refractivity contribution is -0.123. The molecule has 0 saturated carbocycles. The van der Waals surface area contributed by atoms with Crippen molar-refractivity contribution >= 4 is 128 Å². The van der Waals surface area contributed by atoms with Gasteiger partial charge in [-0.25, -0.2) is 29.8 Å². The molecular weight excluding hydrogens is 1430 g/mol. The quantitative estimate of drug-likeness (QED) is 0.107. The molecule has 560 valence electrons. The third-order valence-electron chi connectivity index (χ3n) is 19.2. The summed E-state index contributed by atoms with van der Waals surface area (Å²) in [6.07, 6.45) is 18.6. The van der Waals surface area contributed by atoms with E-state index >= 15 is 0 Å². The van der Waals surface area contributed by atoms with Gasteiger partial charge in [0.15, 0.2) is 0 Å². The number of ether oxygens (including phenoxy) is 2. The summed E-state index contributed by atoms with van der Waals surface area (Å²) in [6, 6.07) is 35.7. The molecule has 0 saturated heterocycles. The maximum absolute atomic E-state index is 13.9. The van der Waals surface area contributed by atoms with E-state index in [-0.39, 0.29) is 45.9 Å². The summed E-state index contributed by atoms with van der Waals surface area (Å²) in [6.45, 7) is 10.2. The average Bonchev–Trinajstić information content (AvgIpc) is 1.63. The van der Waals surface area contributed by atoms with E-state index in [1.165, 1.54) is 50.0 Å². The summed E-state index contributed by atoms with van der Waals surface area (Å²) in [5.74, 6) is 0.900. The van der Waals surface area contributed by atoms with Gasteiger partial charge in [-0.15, -0.1) is 0 Å². The van der Waals surface area contributed by atoms with Crippen molar-refractivity contribution in [3.8, 4) is 17.2 Å². The number of carbonyl (C=O) groups is 5. The van der Waals surface area contributed by atoms with Crippen LogP contribution in [0.1, 0.15) is 55.5 Å². The molecule has 16 rings (SSSR count). The van der Waals surface area contributed by atoms with Gasteiger partial charge in [-0.1, -0.05) is 54.6 Å². The molecule has 0 spiro atoms. The Morgan fingerprint density at radius 1 is 0.486 bits per heavy atom. The molecule has 2 amide bonds. The molecule has 4 aromatic heterocycles. The van der Waals surface area contributed by atoms with E-state index in [1.54, 1.807) is 78.3 Å². The molecule has 3 N–H and O–H groups in total. The van der Waals surface area contributed by atoms with Gasteiger partial charge in [0.1, 0.15) is 24.7 Å². The number of fused-ring (bicyclic) bond motifs is 6. The highest BCUT2D eigenvalue weighted by molar-refractivity contribution is 7.90. The zero-order chi connectivity index (χ0) is 76.5. The van der Waals surface area contributed by atoms with Crippen LogP contribution in [0.5, 0.6) is 11.5 Å². The van der Waals surface area contributed by atoms with Crippen LogP contribution in [0.4, 0.5) is 17.1 Å². The molecule has 0 atom stereocenters. The monoisotopic (exact) mass is 1510 g/mol. The van der Waals surface area contributed by atoms with E-state index in [1.807, 2.05) is 78.5 Å². The van der Waals surface area contributed by atoms with Crippen molar-refractivity contribution in [2.24, 2.45) is 0 Å². The maximum Gasteiger partial charge on any atom is 0.290 e. The fourth-order valence-electron chi connectivity index (χ4n) is 13.7. The van der Waals surface area contributed by atoms with Gasteiger partial charge in [0.05, 0.1) is 67.7 Å². The van der Waals surface area contributed by atoms with Crippen LogP contribution in [0.15, 0.2) is 185 Å². The number of nitrogens with zero attached hydrogens (tertiary/aromatic N) is 12. The van der Waals surface area contributed by atoms with Crippen molar-refractivity contribution in [1.29, 1.82) is 0 Å². The summed E-state index contributed by atoms with van der Waals surface area (Å²) in [5, 5.41) is 27.9. The van der Waals surface area contributed by atoms with Crippen LogP contribution in [0.3, 0.4) is 0 Å². The summed E-state index contributed by atoms with van der Waals surface area (Å²) in [5.41, 5.74) is 11.9. The lowest BCUT2D eigenvalue weighted by Crippen LogP contribution is -2.36. The molecular formula is C76H82N12O16S3. The van der Waals surface area contributed by atoms with E-state index < -0.39 is 30.1 Å². The molecule has 0 unspecified atom stereocenters. The highest BCUT2D eigenvalue weighted by Crippen LogP contribution is 2.41. The number of carbonyl (C=O) groups excluding carboxylic acids is 2. The smallest absolute Gasteiger partial charge is 0.290 e. The molecule has 31 heteroatoms. The fourth-order valence-corrected chi connectivity index (χ4v) is 17.8. The number of hydrogen-bond acceptors (Lipinski definition) is 19. The second kappa shape index (κ2) is 33.1. The number of anilines is 3. The van der Waals surface area contributed by atoms with E-state index in [9.17, 15) is 34.8 Å². The second-order valence-corrected chi connectivity index (χ2v) is 31.3. The third kappa shape index (κ3) is 16.1. The first kappa shape index (κ1) is 76.9. The molecule has 0 bridgehead atoms. The summed E-state index contributed by atoms with van der Waals surface area (Å²) in [4.78, 5) is 65.7. The molecule has 6 aromatic carbocycles. The number of hydrogen-bond donors (Lipinski definition) is 3. The standard InChI is InChI=1S/C26H27N5O3S.C24H25N3O3S.C23H24N4O4S.3CH2O2/c1-28-10-7-19(8-11-28)23-17-31(24-5-3-20(15-22(23)24)30-12-9-27-18-30)35(32,33)21-4-6-25-26(16-21)34-14-13-29(25)2;1-17(28)26-14-11-19-15-20(7-8-23(19)26)31(29,30)27-16-22(18-9-12-25(2)13-10-18)21-5-3-4-6-24(21)27;1-16(28)26-13-14-31-22-8-7-18(15-21(22)26)32(29,30)27-20-6-4-3-5-19(20)23(24-27)17-9-11-25(2)12-10-17;3*2-1-3/h3-7,9,12,15-18H,8,10-11,13-14H2,1-2H3;3-9,15-16H,10-14H2,1-2H3;3-9,15H,10-14H2,1-2H3;3*1H,(H,2,3). The molecule has 28 nitrogen and oxygen atoms in total. The van der Waals surface area contributed by atoms with Crippen molar-refractivity contribution in [2.45, 2.75) is 54.2 Å². The van der Waals surface area contributed by atoms with Crippen molar-refractivity contribution in [2.75, 3.05) is 115 Å². The minimum atomic E-state index is -4.00. The SMILES string of the molecule is CC(=O)N1CCOc2ccc(S(=O)(=O)n3nc(C4=CCN(C)CC4)c4ccccc43)cc21.CC(=O)N1CCc2cc(S(=O)(=O)n3cc(C4=CCN(C)CC4)c4ccccc43)ccc21.CN1CC=C(c2cn(S(=O)(=O)c3ccc4c(c3)OCCN4C)c3ccc(-n4ccnc4)cc23)CC1.O=CO.O=CO.O=CO. The van der Waals surface area contributed by atoms with Crippen LogP contribution in [-0.4, -0.2) is 213 Å². The summed E-state index contributed by atoms with van der Waals surface area (Å²) >= 11 is 0. The highest BCUT2D eigenvalue weighted by Gasteiger charge is 2.32. The molecule has 10 aromatic rings. The van der Waals surface area contributed by atoms with Crippen LogP contribution in [0, 0.1) is 0 Å². The van der Waals surface area contributed by atoms with E-state index in [0.29, 0.717) is 72.2 Å². The Morgan fingerprint density at radius 3 is 1.57 bits per heavy atom.